The van der Waals surface area contributed by atoms with Gasteiger partial charge in [-0.25, -0.2) is 4.68 Å². The summed E-state index contributed by atoms with van der Waals surface area (Å²) in [6, 6.07) is 16.9. The van der Waals surface area contributed by atoms with Gasteiger partial charge in [0.05, 0.1) is 18.5 Å². The van der Waals surface area contributed by atoms with Gasteiger partial charge in [-0.05, 0) is 55.5 Å². The van der Waals surface area contributed by atoms with Crippen LogP contribution in [-0.4, -0.2) is 34.4 Å². The quantitative estimate of drug-likeness (QED) is 0.337. The molecule has 0 amide bonds. The van der Waals surface area contributed by atoms with Crippen molar-refractivity contribution >= 4 is 23.6 Å². The highest BCUT2D eigenvalue weighted by atomic mass is 16.5. The van der Waals surface area contributed by atoms with Crippen molar-refractivity contribution in [2.24, 2.45) is 5.92 Å². The molecule has 1 unspecified atom stereocenters. The Bertz CT molecular complexity index is 1240. The van der Waals surface area contributed by atoms with Gasteiger partial charge in [0.25, 0.3) is 0 Å². The van der Waals surface area contributed by atoms with Gasteiger partial charge in [0.1, 0.15) is 11.5 Å². The Morgan fingerprint density at radius 2 is 1.81 bits per heavy atom. The molecule has 0 aliphatic carbocycles. The number of benzene rings is 2. The van der Waals surface area contributed by atoms with Crippen LogP contribution in [0.3, 0.4) is 0 Å². The Kier molecular flexibility index (Phi) is 5.81. The summed E-state index contributed by atoms with van der Waals surface area (Å²) in [5.74, 6) is -2.68. The molecule has 1 aliphatic heterocycles. The molecule has 160 valence electrons. The van der Waals surface area contributed by atoms with Crippen LogP contribution < -0.4 is 4.74 Å². The molecule has 7 nitrogen and oxygen atoms in total. The topological polar surface area (TPSA) is 87.5 Å². The molecule has 0 bridgehead atoms. The third kappa shape index (κ3) is 4.27. The number of hydrogen-bond acceptors (Lipinski definition) is 6. The molecule has 32 heavy (non-hydrogen) atoms. The fourth-order valence-corrected chi connectivity index (χ4v) is 3.37. The molecule has 0 fully saturated rings. The molecule has 0 N–H and O–H groups in total. The molecule has 0 saturated carbocycles. The van der Waals surface area contributed by atoms with Crippen LogP contribution in [0.15, 0.2) is 78.7 Å². The SMILES string of the molecule is COc1ccc(-c2nn(-c3ccccc3)cc2C=CC(=O)C2C(=O)C=C(C)OC2=O)cc1. The van der Waals surface area contributed by atoms with Gasteiger partial charge in [-0.1, -0.05) is 18.2 Å². The van der Waals surface area contributed by atoms with E-state index in [1.807, 2.05) is 54.6 Å². The molecule has 1 aromatic heterocycles. The monoisotopic (exact) mass is 428 g/mol. The minimum absolute atomic E-state index is 0.180. The van der Waals surface area contributed by atoms with Gasteiger partial charge in [0.2, 0.25) is 0 Å². The van der Waals surface area contributed by atoms with Gasteiger partial charge in [-0.3, -0.25) is 14.4 Å². The van der Waals surface area contributed by atoms with Crippen molar-refractivity contribution in [2.75, 3.05) is 7.11 Å². The second-order valence-corrected chi connectivity index (χ2v) is 7.19. The fourth-order valence-electron chi connectivity index (χ4n) is 3.37. The van der Waals surface area contributed by atoms with Crippen LogP contribution in [0.1, 0.15) is 12.5 Å². The summed E-state index contributed by atoms with van der Waals surface area (Å²) >= 11 is 0. The first-order valence-corrected chi connectivity index (χ1v) is 9.91. The predicted molar refractivity (Wildman–Crippen MR) is 118 cm³/mol. The van der Waals surface area contributed by atoms with Crippen molar-refractivity contribution in [1.82, 2.24) is 9.78 Å². The highest BCUT2D eigenvalue weighted by molar-refractivity contribution is 6.25. The second kappa shape index (κ2) is 8.85. The van der Waals surface area contributed by atoms with E-state index in [9.17, 15) is 14.4 Å². The smallest absolute Gasteiger partial charge is 0.329 e. The van der Waals surface area contributed by atoms with Gasteiger partial charge in [-0.2, -0.15) is 5.10 Å². The van der Waals surface area contributed by atoms with E-state index < -0.39 is 23.5 Å². The molecule has 0 radical (unpaired) electrons. The molecule has 0 spiro atoms. The van der Waals surface area contributed by atoms with Crippen LogP contribution >= 0.6 is 0 Å². The number of carbonyl (C=O) groups is 3. The Labute approximate surface area is 184 Å². The summed E-state index contributed by atoms with van der Waals surface area (Å²) in [5.41, 5.74) is 2.95. The molecule has 1 aliphatic rings. The summed E-state index contributed by atoms with van der Waals surface area (Å²) in [7, 11) is 1.59. The maximum absolute atomic E-state index is 12.6. The molecule has 3 aromatic rings. The number of nitrogens with zero attached hydrogens (tertiary/aromatic N) is 2. The lowest BCUT2D eigenvalue weighted by Gasteiger charge is -2.15. The Hall–Kier alpha value is -4.26. The lowest BCUT2D eigenvalue weighted by molar-refractivity contribution is -0.151. The number of esters is 1. The van der Waals surface area contributed by atoms with E-state index in [4.69, 9.17) is 9.47 Å². The lowest BCUT2D eigenvalue weighted by Crippen LogP contribution is -2.34. The summed E-state index contributed by atoms with van der Waals surface area (Å²) in [6.45, 7) is 1.49. The minimum atomic E-state index is -1.48. The molecule has 4 rings (SSSR count). The maximum atomic E-state index is 12.6. The average molecular weight is 428 g/mol. The Morgan fingerprint density at radius 3 is 2.47 bits per heavy atom. The minimum Gasteiger partial charge on any atom is -0.497 e. The summed E-state index contributed by atoms with van der Waals surface area (Å²) in [5, 5.41) is 4.68. The number of allylic oxidation sites excluding steroid dienone is 3. The van der Waals surface area contributed by atoms with E-state index in [1.54, 1.807) is 24.1 Å². The zero-order valence-electron chi connectivity index (χ0n) is 17.5. The first-order chi connectivity index (χ1) is 15.5. The van der Waals surface area contributed by atoms with E-state index in [1.165, 1.54) is 13.0 Å². The average Bonchev–Trinajstić information content (AvgIpc) is 3.22. The van der Waals surface area contributed by atoms with Gasteiger partial charge < -0.3 is 9.47 Å². The first-order valence-electron chi connectivity index (χ1n) is 9.91. The number of aromatic nitrogens is 2. The lowest BCUT2D eigenvalue weighted by atomic mass is 9.95. The number of rotatable bonds is 6. The summed E-state index contributed by atoms with van der Waals surface area (Å²) < 4.78 is 11.9. The molecule has 0 saturated heterocycles. The number of cyclic esters (lactones) is 1. The van der Waals surface area contributed by atoms with E-state index in [0.717, 1.165) is 17.3 Å². The molecule has 7 heteroatoms. The fraction of sp³-hybridized carbons (Fsp3) is 0.120. The van der Waals surface area contributed by atoms with Crippen molar-refractivity contribution in [3.8, 4) is 22.7 Å². The van der Waals surface area contributed by atoms with Crippen molar-refractivity contribution < 1.29 is 23.9 Å². The van der Waals surface area contributed by atoms with Crippen molar-refractivity contribution in [1.29, 1.82) is 0 Å². The summed E-state index contributed by atoms with van der Waals surface area (Å²) in [6.07, 6.45) is 5.72. The van der Waals surface area contributed by atoms with Crippen LogP contribution in [0.2, 0.25) is 0 Å². The number of hydrogen-bond donors (Lipinski definition) is 0. The number of ketones is 2. The van der Waals surface area contributed by atoms with Crippen LogP contribution in [0.5, 0.6) is 5.75 Å². The van der Waals surface area contributed by atoms with Crippen molar-refractivity contribution in [3.63, 3.8) is 0 Å². The van der Waals surface area contributed by atoms with E-state index in [0.29, 0.717) is 17.0 Å². The van der Waals surface area contributed by atoms with Crippen LogP contribution in [0.4, 0.5) is 0 Å². The second-order valence-electron chi connectivity index (χ2n) is 7.19. The third-order valence-corrected chi connectivity index (χ3v) is 4.97. The standard InChI is InChI=1S/C25H20N2O5/c1-16-14-22(29)23(25(30)32-16)21(28)13-10-18-15-27(19-6-4-3-5-7-19)26-24(18)17-8-11-20(31-2)12-9-17/h3-15,23H,1-2H3. The number of para-hydroxylation sites is 1. The molecule has 2 heterocycles. The zero-order valence-corrected chi connectivity index (χ0v) is 17.5. The maximum Gasteiger partial charge on any atom is 0.329 e. The van der Waals surface area contributed by atoms with Crippen molar-refractivity contribution in [2.45, 2.75) is 6.92 Å². The third-order valence-electron chi connectivity index (χ3n) is 4.97. The van der Waals surface area contributed by atoms with Gasteiger partial charge in [-0.15, -0.1) is 0 Å². The van der Waals surface area contributed by atoms with E-state index in [2.05, 4.69) is 5.10 Å². The van der Waals surface area contributed by atoms with Crippen LogP contribution in [0.25, 0.3) is 23.0 Å². The van der Waals surface area contributed by atoms with Gasteiger partial charge in [0, 0.05) is 23.4 Å². The highest BCUT2D eigenvalue weighted by Gasteiger charge is 2.36. The number of carbonyl (C=O) groups excluding carboxylic acids is 3. The van der Waals surface area contributed by atoms with Crippen LogP contribution in [-0.2, 0) is 19.1 Å². The molecule has 2 aromatic carbocycles. The largest absolute Gasteiger partial charge is 0.497 e. The number of ether oxygens (including phenoxy) is 2. The van der Waals surface area contributed by atoms with Gasteiger partial charge in [0.15, 0.2) is 17.5 Å². The normalized spacial score (nSPS) is 16.1. The molecule has 1 atom stereocenters. The Morgan fingerprint density at radius 1 is 1.09 bits per heavy atom. The van der Waals surface area contributed by atoms with Crippen molar-refractivity contribution in [3.05, 3.63) is 84.3 Å². The van der Waals surface area contributed by atoms with Gasteiger partial charge >= 0.3 is 5.97 Å². The number of methoxy groups -OCH3 is 1. The Balaban J connectivity index is 1.70. The zero-order chi connectivity index (χ0) is 22.7. The van der Waals surface area contributed by atoms with E-state index in [-0.39, 0.29) is 5.76 Å². The highest BCUT2D eigenvalue weighted by Crippen LogP contribution is 2.27. The predicted octanol–water partition coefficient (Wildman–Crippen LogP) is 3.78. The first kappa shape index (κ1) is 21.0. The molecular formula is C25H20N2O5. The van der Waals surface area contributed by atoms with E-state index >= 15 is 0 Å². The summed E-state index contributed by atoms with van der Waals surface area (Å²) in [4.78, 5) is 36.8. The van der Waals surface area contributed by atoms with Crippen LogP contribution in [0, 0.1) is 5.92 Å². The molecular weight excluding hydrogens is 408 g/mol.